The first-order valence-electron chi connectivity index (χ1n) is 7.84. The largest absolute Gasteiger partial charge is 0.444 e. The van der Waals surface area contributed by atoms with E-state index in [2.05, 4.69) is 26.2 Å². The van der Waals surface area contributed by atoms with Crippen LogP contribution in [0.5, 0.6) is 0 Å². The van der Waals surface area contributed by atoms with Crippen molar-refractivity contribution >= 4 is 33.7 Å². The number of piperazine rings is 1. The van der Waals surface area contributed by atoms with Crippen molar-refractivity contribution in [3.8, 4) is 0 Å². The van der Waals surface area contributed by atoms with E-state index in [-0.39, 0.29) is 18.5 Å². The molecule has 0 aromatic carbocycles. The average Bonchev–Trinajstić information content (AvgIpc) is 2.46. The predicted octanol–water partition coefficient (Wildman–Crippen LogP) is 2.34. The van der Waals surface area contributed by atoms with Crippen molar-refractivity contribution in [2.45, 2.75) is 26.4 Å². The Kier molecular flexibility index (Phi) is 6.17. The number of halogens is 1. The van der Waals surface area contributed by atoms with Gasteiger partial charge in [-0.25, -0.2) is 9.78 Å². The average molecular weight is 399 g/mol. The molecular formula is C16H23BrN4O3. The van der Waals surface area contributed by atoms with Gasteiger partial charge < -0.3 is 15.0 Å². The van der Waals surface area contributed by atoms with Gasteiger partial charge in [0, 0.05) is 36.8 Å². The molecule has 0 unspecified atom stereocenters. The highest BCUT2D eigenvalue weighted by molar-refractivity contribution is 9.10. The highest BCUT2D eigenvalue weighted by Gasteiger charge is 2.26. The summed E-state index contributed by atoms with van der Waals surface area (Å²) in [6, 6.07) is 3.55. The number of hydrogen-bond acceptors (Lipinski definition) is 5. The van der Waals surface area contributed by atoms with Crippen molar-refractivity contribution in [1.29, 1.82) is 0 Å². The second-order valence-electron chi connectivity index (χ2n) is 6.65. The van der Waals surface area contributed by atoms with Gasteiger partial charge in [0.25, 0.3) is 0 Å². The topological polar surface area (TPSA) is 74.8 Å². The molecule has 1 aromatic heterocycles. The summed E-state index contributed by atoms with van der Waals surface area (Å²) in [4.78, 5) is 31.9. The van der Waals surface area contributed by atoms with Crippen LogP contribution in [0.15, 0.2) is 22.8 Å². The molecule has 1 saturated heterocycles. The highest BCUT2D eigenvalue weighted by atomic mass is 79.9. The van der Waals surface area contributed by atoms with Crippen LogP contribution in [0.25, 0.3) is 0 Å². The molecule has 2 heterocycles. The Morgan fingerprint density at radius 3 is 2.54 bits per heavy atom. The monoisotopic (exact) mass is 398 g/mol. The van der Waals surface area contributed by atoms with Gasteiger partial charge in [-0.2, -0.15) is 0 Å². The van der Waals surface area contributed by atoms with Crippen molar-refractivity contribution in [2.75, 3.05) is 38.0 Å². The van der Waals surface area contributed by atoms with E-state index in [0.717, 1.165) is 4.47 Å². The zero-order chi connectivity index (χ0) is 17.7. The van der Waals surface area contributed by atoms with Crippen molar-refractivity contribution in [3.05, 3.63) is 22.8 Å². The Morgan fingerprint density at radius 2 is 1.96 bits per heavy atom. The lowest BCUT2D eigenvalue weighted by atomic mass is 10.2. The minimum absolute atomic E-state index is 0.119. The molecule has 8 heteroatoms. The number of amides is 2. The van der Waals surface area contributed by atoms with Crippen LogP contribution in [0.3, 0.4) is 0 Å². The van der Waals surface area contributed by atoms with E-state index in [1.807, 2.05) is 25.7 Å². The van der Waals surface area contributed by atoms with E-state index in [1.165, 1.54) is 0 Å². The Bertz CT molecular complexity index is 595. The van der Waals surface area contributed by atoms with Gasteiger partial charge in [0.2, 0.25) is 5.91 Å². The van der Waals surface area contributed by atoms with Crippen LogP contribution in [-0.2, 0) is 9.53 Å². The third-order valence-electron chi connectivity index (χ3n) is 3.38. The number of carbonyl (C=O) groups is 2. The van der Waals surface area contributed by atoms with Gasteiger partial charge in [0.15, 0.2) is 0 Å². The first-order valence-corrected chi connectivity index (χ1v) is 8.64. The van der Waals surface area contributed by atoms with Crippen LogP contribution >= 0.6 is 15.9 Å². The van der Waals surface area contributed by atoms with Crippen molar-refractivity contribution in [1.82, 2.24) is 14.8 Å². The molecule has 1 aliphatic rings. The summed E-state index contributed by atoms with van der Waals surface area (Å²) in [5, 5.41) is 2.77. The van der Waals surface area contributed by atoms with Gasteiger partial charge in [0.1, 0.15) is 11.4 Å². The number of nitrogens with zero attached hydrogens (tertiary/aromatic N) is 3. The SMILES string of the molecule is CC(C)(C)OC(=O)N1CCN(CC(=O)Nc2cc(Br)ccn2)CC1. The lowest BCUT2D eigenvalue weighted by Gasteiger charge is -2.35. The van der Waals surface area contributed by atoms with Crippen molar-refractivity contribution in [3.63, 3.8) is 0 Å². The molecule has 1 aromatic rings. The second kappa shape index (κ2) is 7.94. The number of carbonyl (C=O) groups excluding carboxylic acids is 2. The number of ether oxygens (including phenoxy) is 1. The Hall–Kier alpha value is -1.67. The lowest BCUT2D eigenvalue weighted by molar-refractivity contribution is -0.117. The molecule has 0 spiro atoms. The van der Waals surface area contributed by atoms with E-state index in [1.54, 1.807) is 23.2 Å². The minimum atomic E-state index is -0.495. The third-order valence-corrected chi connectivity index (χ3v) is 3.87. The Labute approximate surface area is 150 Å². The summed E-state index contributed by atoms with van der Waals surface area (Å²) in [6.45, 7) is 8.20. The quantitative estimate of drug-likeness (QED) is 0.845. The van der Waals surface area contributed by atoms with Crippen LogP contribution in [-0.4, -0.2) is 65.1 Å². The number of anilines is 1. The molecular weight excluding hydrogens is 376 g/mol. The van der Waals surface area contributed by atoms with E-state index < -0.39 is 5.60 Å². The smallest absolute Gasteiger partial charge is 0.410 e. The van der Waals surface area contributed by atoms with Crippen molar-refractivity contribution in [2.24, 2.45) is 0 Å². The molecule has 7 nitrogen and oxygen atoms in total. The molecule has 1 N–H and O–H groups in total. The van der Waals surface area contributed by atoms with Crippen molar-refractivity contribution < 1.29 is 14.3 Å². The number of hydrogen-bond donors (Lipinski definition) is 1. The van der Waals surface area contributed by atoms with Crippen LogP contribution in [0, 0.1) is 0 Å². The zero-order valence-electron chi connectivity index (χ0n) is 14.2. The normalized spacial score (nSPS) is 15.9. The first kappa shape index (κ1) is 18.7. The molecule has 0 radical (unpaired) electrons. The number of pyridine rings is 1. The summed E-state index contributed by atoms with van der Waals surface area (Å²) in [6.07, 6.45) is 1.32. The van der Waals surface area contributed by atoms with Gasteiger partial charge in [-0.05, 0) is 32.9 Å². The molecule has 0 bridgehead atoms. The summed E-state index contributed by atoms with van der Waals surface area (Å²) in [5.74, 6) is 0.396. The third kappa shape index (κ3) is 6.09. The molecule has 1 aliphatic heterocycles. The second-order valence-corrected chi connectivity index (χ2v) is 7.57. The first-order chi connectivity index (χ1) is 11.2. The summed E-state index contributed by atoms with van der Waals surface area (Å²) < 4.78 is 6.22. The molecule has 2 amide bonds. The number of nitrogens with one attached hydrogen (secondary N) is 1. The van der Waals surface area contributed by atoms with Gasteiger partial charge in [-0.1, -0.05) is 15.9 Å². The van der Waals surface area contributed by atoms with Gasteiger partial charge >= 0.3 is 6.09 Å². The van der Waals surface area contributed by atoms with Gasteiger partial charge in [-0.3, -0.25) is 9.69 Å². The molecule has 132 valence electrons. The highest BCUT2D eigenvalue weighted by Crippen LogP contribution is 2.13. The van der Waals surface area contributed by atoms with Crippen LogP contribution in [0.2, 0.25) is 0 Å². The fourth-order valence-corrected chi connectivity index (χ4v) is 2.61. The summed E-state index contributed by atoms with van der Waals surface area (Å²) in [5.41, 5.74) is -0.495. The molecule has 24 heavy (non-hydrogen) atoms. The summed E-state index contributed by atoms with van der Waals surface area (Å²) in [7, 11) is 0. The number of rotatable bonds is 3. The van der Waals surface area contributed by atoms with E-state index in [9.17, 15) is 9.59 Å². The molecule has 0 atom stereocenters. The molecule has 1 fully saturated rings. The fourth-order valence-electron chi connectivity index (χ4n) is 2.27. The van der Waals surface area contributed by atoms with Gasteiger partial charge in [-0.15, -0.1) is 0 Å². The zero-order valence-corrected chi connectivity index (χ0v) is 15.8. The summed E-state index contributed by atoms with van der Waals surface area (Å²) >= 11 is 3.34. The maximum Gasteiger partial charge on any atom is 0.410 e. The fraction of sp³-hybridized carbons (Fsp3) is 0.562. The van der Waals surface area contributed by atoms with E-state index in [0.29, 0.717) is 32.0 Å². The van der Waals surface area contributed by atoms with E-state index in [4.69, 9.17) is 4.74 Å². The minimum Gasteiger partial charge on any atom is -0.444 e. The molecule has 0 aliphatic carbocycles. The molecule has 2 rings (SSSR count). The number of aromatic nitrogens is 1. The van der Waals surface area contributed by atoms with Gasteiger partial charge in [0.05, 0.1) is 6.54 Å². The Morgan fingerprint density at radius 1 is 1.29 bits per heavy atom. The van der Waals surface area contributed by atoms with Crippen LogP contribution < -0.4 is 5.32 Å². The standard InChI is InChI=1S/C16H23BrN4O3/c1-16(2,3)24-15(23)21-8-6-20(7-9-21)11-14(22)19-13-10-12(17)4-5-18-13/h4-5,10H,6-9,11H2,1-3H3,(H,18,19,22). The Balaban J connectivity index is 1.76. The van der Waals surface area contributed by atoms with Crippen LogP contribution in [0.4, 0.5) is 10.6 Å². The maximum absolute atomic E-state index is 12.1. The molecule has 0 saturated carbocycles. The predicted molar refractivity (Wildman–Crippen MR) is 94.8 cm³/mol. The van der Waals surface area contributed by atoms with Crippen LogP contribution in [0.1, 0.15) is 20.8 Å². The maximum atomic E-state index is 12.1. The lowest BCUT2D eigenvalue weighted by Crippen LogP contribution is -2.51. The van der Waals surface area contributed by atoms with E-state index >= 15 is 0 Å².